The summed E-state index contributed by atoms with van der Waals surface area (Å²) in [6.45, 7) is 0.328. The molecule has 1 aromatic heterocycles. The minimum absolute atomic E-state index is 0.0307. The maximum absolute atomic E-state index is 13.4. The van der Waals surface area contributed by atoms with Crippen molar-refractivity contribution in [1.29, 1.82) is 0 Å². The lowest BCUT2D eigenvalue weighted by molar-refractivity contribution is -0.143. The molecule has 0 radical (unpaired) electrons. The van der Waals surface area contributed by atoms with Crippen LogP contribution in [0.15, 0.2) is 54.7 Å². The predicted molar refractivity (Wildman–Crippen MR) is 125 cm³/mol. The molecular weight excluding hydrogens is 459 g/mol. The molecule has 186 valence electrons. The number of carbonyl (C=O) groups is 2. The summed E-state index contributed by atoms with van der Waals surface area (Å²) in [5, 5.41) is 1.06. The summed E-state index contributed by atoms with van der Waals surface area (Å²) in [5.41, 5.74) is 1.89. The first-order valence-corrected chi connectivity index (χ1v) is 11.5. The quantitative estimate of drug-likeness (QED) is 0.461. The van der Waals surface area contributed by atoms with Crippen molar-refractivity contribution in [2.75, 3.05) is 26.8 Å². The molecule has 0 unspecified atom stereocenters. The predicted octanol–water partition coefficient (Wildman–Crippen LogP) is 4.40. The van der Waals surface area contributed by atoms with E-state index in [0.29, 0.717) is 18.5 Å². The van der Waals surface area contributed by atoms with Gasteiger partial charge in [0.15, 0.2) is 0 Å². The number of fused-ring (bicyclic) bond motifs is 1. The summed E-state index contributed by atoms with van der Waals surface area (Å²) in [4.78, 5) is 32.2. The molecule has 3 aromatic rings. The number of ether oxygens (including phenoxy) is 1. The van der Waals surface area contributed by atoms with E-state index in [2.05, 4.69) is 4.98 Å². The van der Waals surface area contributed by atoms with E-state index >= 15 is 0 Å². The second kappa shape index (κ2) is 10.5. The molecule has 1 N–H and O–H groups in total. The Labute approximate surface area is 201 Å². The van der Waals surface area contributed by atoms with Crippen LogP contribution in [-0.2, 0) is 33.5 Å². The Morgan fingerprint density at radius 3 is 2.43 bits per heavy atom. The van der Waals surface area contributed by atoms with Crippen molar-refractivity contribution >= 4 is 22.7 Å². The molecule has 9 heteroatoms. The summed E-state index contributed by atoms with van der Waals surface area (Å²) < 4.78 is 43.9. The lowest BCUT2D eigenvalue weighted by atomic mass is 10.1. The molecule has 0 atom stereocenters. The molecule has 0 saturated heterocycles. The van der Waals surface area contributed by atoms with Gasteiger partial charge >= 0.3 is 6.18 Å². The lowest BCUT2D eigenvalue weighted by Crippen LogP contribution is -2.45. The number of benzene rings is 2. The maximum atomic E-state index is 13.4. The molecule has 6 nitrogen and oxygen atoms in total. The second-order valence-corrected chi connectivity index (χ2v) is 8.81. The van der Waals surface area contributed by atoms with Crippen LogP contribution >= 0.6 is 0 Å². The standard InChI is InChI=1S/C26H28F3N3O3/c1-35-17-25(34)32(21-10-11-21)16-24(33)31(15-18-6-8-20(9-7-18)26(27,28)29)13-12-19-14-30-23-5-3-2-4-22(19)23/h2-9,14,21,30H,10-13,15-17H2,1H3. The van der Waals surface area contributed by atoms with Crippen molar-refractivity contribution in [3.63, 3.8) is 0 Å². The number of hydrogen-bond donors (Lipinski definition) is 1. The number of methoxy groups -OCH3 is 1. The van der Waals surface area contributed by atoms with Gasteiger partial charge < -0.3 is 19.5 Å². The van der Waals surface area contributed by atoms with Crippen LogP contribution in [0.25, 0.3) is 10.9 Å². The van der Waals surface area contributed by atoms with Crippen LogP contribution in [0.3, 0.4) is 0 Å². The van der Waals surface area contributed by atoms with Crippen LogP contribution < -0.4 is 0 Å². The van der Waals surface area contributed by atoms with E-state index in [1.165, 1.54) is 19.2 Å². The van der Waals surface area contributed by atoms with Crippen molar-refractivity contribution < 1.29 is 27.5 Å². The van der Waals surface area contributed by atoms with Gasteiger partial charge in [-0.3, -0.25) is 9.59 Å². The molecule has 2 aromatic carbocycles. The van der Waals surface area contributed by atoms with Crippen LogP contribution in [0.5, 0.6) is 0 Å². The van der Waals surface area contributed by atoms with Crippen molar-refractivity contribution in [2.24, 2.45) is 0 Å². The summed E-state index contributed by atoms with van der Waals surface area (Å²) in [7, 11) is 1.43. The Morgan fingerprint density at radius 1 is 1.06 bits per heavy atom. The molecule has 0 spiro atoms. The van der Waals surface area contributed by atoms with Crippen LogP contribution in [0.4, 0.5) is 13.2 Å². The fraction of sp³-hybridized carbons (Fsp3) is 0.385. The molecule has 35 heavy (non-hydrogen) atoms. The van der Waals surface area contributed by atoms with Gasteiger partial charge in [-0.25, -0.2) is 0 Å². The van der Waals surface area contributed by atoms with Gasteiger partial charge in [0.25, 0.3) is 0 Å². The number of halogens is 3. The smallest absolute Gasteiger partial charge is 0.375 e. The zero-order valence-corrected chi connectivity index (χ0v) is 19.5. The highest BCUT2D eigenvalue weighted by molar-refractivity contribution is 5.86. The van der Waals surface area contributed by atoms with Gasteiger partial charge in [0.05, 0.1) is 5.56 Å². The van der Waals surface area contributed by atoms with Crippen molar-refractivity contribution in [3.05, 3.63) is 71.4 Å². The normalized spacial score (nSPS) is 13.7. The molecule has 1 aliphatic carbocycles. The number of carbonyl (C=O) groups excluding carboxylic acids is 2. The summed E-state index contributed by atoms with van der Waals surface area (Å²) in [6.07, 6.45) is -0.264. The maximum Gasteiger partial charge on any atom is 0.416 e. The number of rotatable bonds is 10. The highest BCUT2D eigenvalue weighted by Crippen LogP contribution is 2.30. The number of hydrogen-bond acceptors (Lipinski definition) is 3. The fourth-order valence-electron chi connectivity index (χ4n) is 4.16. The van der Waals surface area contributed by atoms with Crippen LogP contribution in [0, 0.1) is 0 Å². The molecule has 4 rings (SSSR count). The largest absolute Gasteiger partial charge is 0.416 e. The zero-order valence-electron chi connectivity index (χ0n) is 19.5. The van der Waals surface area contributed by atoms with Gasteiger partial charge in [-0.2, -0.15) is 13.2 Å². The van der Waals surface area contributed by atoms with Gasteiger partial charge in [0.2, 0.25) is 11.8 Å². The Bertz CT molecular complexity index is 1170. The van der Waals surface area contributed by atoms with E-state index in [9.17, 15) is 22.8 Å². The Morgan fingerprint density at radius 2 is 1.77 bits per heavy atom. The summed E-state index contributed by atoms with van der Waals surface area (Å²) >= 11 is 0. The highest BCUT2D eigenvalue weighted by Gasteiger charge is 2.35. The molecule has 1 aliphatic rings. The number of H-pyrrole nitrogens is 1. The van der Waals surface area contributed by atoms with E-state index in [4.69, 9.17) is 4.74 Å². The first-order valence-electron chi connectivity index (χ1n) is 11.5. The fourth-order valence-corrected chi connectivity index (χ4v) is 4.16. The topological polar surface area (TPSA) is 65.6 Å². The van der Waals surface area contributed by atoms with Crippen LogP contribution in [-0.4, -0.2) is 59.4 Å². The van der Waals surface area contributed by atoms with Gasteiger partial charge in [0, 0.05) is 43.3 Å². The lowest BCUT2D eigenvalue weighted by Gasteiger charge is -2.28. The number of aromatic nitrogens is 1. The summed E-state index contributed by atoms with van der Waals surface area (Å²) in [6, 6.07) is 12.7. The first kappa shape index (κ1) is 24.8. The third kappa shape index (κ3) is 6.22. The average Bonchev–Trinajstić information content (AvgIpc) is 3.59. The number of alkyl halides is 3. The highest BCUT2D eigenvalue weighted by atomic mass is 19.4. The van der Waals surface area contributed by atoms with Gasteiger partial charge in [-0.15, -0.1) is 0 Å². The van der Waals surface area contributed by atoms with Gasteiger partial charge in [-0.1, -0.05) is 30.3 Å². The Kier molecular flexibility index (Phi) is 7.45. The summed E-state index contributed by atoms with van der Waals surface area (Å²) in [5.74, 6) is -0.490. The molecule has 0 bridgehead atoms. The van der Waals surface area contributed by atoms with E-state index < -0.39 is 11.7 Å². The number of aromatic amines is 1. The number of nitrogens with one attached hydrogen (secondary N) is 1. The first-order chi connectivity index (χ1) is 16.8. The molecule has 1 heterocycles. The number of amides is 2. The third-order valence-corrected chi connectivity index (χ3v) is 6.21. The average molecular weight is 488 g/mol. The minimum Gasteiger partial charge on any atom is -0.375 e. The van der Waals surface area contributed by atoms with E-state index in [1.807, 2.05) is 30.5 Å². The Hall–Kier alpha value is -3.33. The molecule has 1 fully saturated rings. The zero-order chi connectivity index (χ0) is 25.0. The van der Waals surface area contributed by atoms with E-state index in [1.54, 1.807) is 9.80 Å². The van der Waals surface area contributed by atoms with Crippen LogP contribution in [0.2, 0.25) is 0 Å². The number of nitrogens with zero attached hydrogens (tertiary/aromatic N) is 2. The molecule has 2 amide bonds. The third-order valence-electron chi connectivity index (χ3n) is 6.21. The van der Waals surface area contributed by atoms with Crippen molar-refractivity contribution in [2.45, 2.75) is 38.0 Å². The molecular formula is C26H28F3N3O3. The monoisotopic (exact) mass is 487 g/mol. The van der Waals surface area contributed by atoms with Crippen molar-refractivity contribution in [3.8, 4) is 0 Å². The minimum atomic E-state index is -4.42. The SMILES string of the molecule is COCC(=O)N(CC(=O)N(CCc1c[nH]c2ccccc12)Cc1ccc(C(F)(F)F)cc1)C1CC1. The van der Waals surface area contributed by atoms with Gasteiger partial charge in [-0.05, 0) is 48.6 Å². The van der Waals surface area contributed by atoms with E-state index in [0.717, 1.165) is 41.4 Å². The van der Waals surface area contributed by atoms with Crippen LogP contribution in [0.1, 0.15) is 29.5 Å². The number of para-hydroxylation sites is 1. The second-order valence-electron chi connectivity index (χ2n) is 8.81. The molecule has 1 saturated carbocycles. The molecule has 0 aliphatic heterocycles. The Balaban J connectivity index is 1.52. The van der Waals surface area contributed by atoms with Gasteiger partial charge in [0.1, 0.15) is 13.2 Å². The van der Waals surface area contributed by atoms with Crippen molar-refractivity contribution in [1.82, 2.24) is 14.8 Å². The van der Waals surface area contributed by atoms with E-state index in [-0.39, 0.29) is 37.6 Å².